The highest BCUT2D eigenvalue weighted by Gasteiger charge is 2.34. The first-order chi connectivity index (χ1) is 18.6. The zero-order valence-electron chi connectivity index (χ0n) is 22.3. The minimum Gasteiger partial charge on any atom is -0.468 e. The van der Waals surface area contributed by atoms with E-state index < -0.39 is 0 Å². The lowest BCUT2D eigenvalue weighted by atomic mass is 9.98. The van der Waals surface area contributed by atoms with Crippen molar-refractivity contribution >= 4 is 17.7 Å². The van der Waals surface area contributed by atoms with Crippen molar-refractivity contribution in [3.8, 4) is 6.07 Å². The smallest absolute Gasteiger partial charge is 0.323 e. The summed E-state index contributed by atoms with van der Waals surface area (Å²) in [6.45, 7) is 4.26. The van der Waals surface area contributed by atoms with Gasteiger partial charge in [-0.1, -0.05) is 42.5 Å². The first kappa shape index (κ1) is 27.9. The van der Waals surface area contributed by atoms with Crippen LogP contribution in [-0.4, -0.2) is 69.6 Å². The Kier molecular flexibility index (Phi) is 10.4. The van der Waals surface area contributed by atoms with Gasteiger partial charge in [-0.2, -0.15) is 17.0 Å². The number of ether oxygens (including phenoxy) is 1. The van der Waals surface area contributed by atoms with Crippen LogP contribution in [0.4, 0.5) is 0 Å². The fourth-order valence-corrected chi connectivity index (χ4v) is 5.67. The van der Waals surface area contributed by atoms with Gasteiger partial charge in [0.05, 0.1) is 30.8 Å². The maximum absolute atomic E-state index is 12.9. The van der Waals surface area contributed by atoms with Gasteiger partial charge in [-0.05, 0) is 54.5 Å². The molecule has 8 heteroatoms. The third-order valence-corrected chi connectivity index (χ3v) is 7.97. The van der Waals surface area contributed by atoms with E-state index in [9.17, 15) is 4.79 Å². The molecule has 0 saturated carbocycles. The number of methoxy groups -OCH3 is 1. The fraction of sp³-hybridized carbons (Fsp3) is 0.433. The van der Waals surface area contributed by atoms with E-state index in [-0.39, 0.29) is 12.0 Å². The van der Waals surface area contributed by atoms with Gasteiger partial charge in [-0.25, -0.2) is 4.98 Å². The third kappa shape index (κ3) is 7.47. The zero-order valence-corrected chi connectivity index (χ0v) is 23.1. The topological polar surface area (TPSA) is 74.4 Å². The highest BCUT2D eigenvalue weighted by atomic mass is 32.2. The lowest BCUT2D eigenvalue weighted by Gasteiger charge is -2.41. The maximum atomic E-state index is 12.9. The van der Waals surface area contributed by atoms with Crippen LogP contribution >= 0.6 is 11.8 Å². The van der Waals surface area contributed by atoms with Crippen LogP contribution in [0.5, 0.6) is 0 Å². The minimum absolute atomic E-state index is 0.135. The van der Waals surface area contributed by atoms with E-state index in [1.165, 1.54) is 18.4 Å². The van der Waals surface area contributed by atoms with E-state index in [2.05, 4.69) is 55.9 Å². The number of carbonyl (C=O) groups is 1. The van der Waals surface area contributed by atoms with E-state index in [0.29, 0.717) is 11.6 Å². The SMILES string of the molecule is COC(=O)[C@H](CCSC)N(Cc1ccccc1)C1CCN(Cc2cncn2Cc2ccc(C#N)cc2)CC1. The lowest BCUT2D eigenvalue weighted by molar-refractivity contribution is -0.149. The molecule has 7 nitrogen and oxygen atoms in total. The van der Waals surface area contributed by atoms with E-state index in [4.69, 9.17) is 10.00 Å². The normalized spacial score (nSPS) is 15.3. The van der Waals surface area contributed by atoms with Crippen LogP contribution in [0.1, 0.15) is 41.6 Å². The molecule has 200 valence electrons. The molecule has 0 aliphatic carbocycles. The number of carbonyl (C=O) groups excluding carboxylic acids is 1. The molecule has 0 N–H and O–H groups in total. The molecule has 0 bridgehead atoms. The molecule has 4 rings (SSSR count). The van der Waals surface area contributed by atoms with E-state index in [0.717, 1.165) is 63.3 Å². The molecular weight excluding hydrogens is 494 g/mol. The van der Waals surface area contributed by atoms with Crippen molar-refractivity contribution in [3.63, 3.8) is 0 Å². The number of hydrogen-bond donors (Lipinski definition) is 0. The highest BCUT2D eigenvalue weighted by Crippen LogP contribution is 2.25. The molecular formula is C30H37N5O2S. The van der Waals surface area contributed by atoms with Crippen molar-refractivity contribution in [2.45, 2.75) is 51.0 Å². The second-order valence-corrected chi connectivity index (χ2v) is 10.8. The molecule has 0 radical (unpaired) electrons. The lowest BCUT2D eigenvalue weighted by Crippen LogP contribution is -2.51. The Labute approximate surface area is 230 Å². The van der Waals surface area contributed by atoms with Crippen molar-refractivity contribution in [2.24, 2.45) is 0 Å². The fourth-order valence-electron chi connectivity index (χ4n) is 5.21. The summed E-state index contributed by atoms with van der Waals surface area (Å²) in [5.74, 6) is 0.789. The predicted octanol–water partition coefficient (Wildman–Crippen LogP) is 4.56. The van der Waals surface area contributed by atoms with Crippen LogP contribution in [0.2, 0.25) is 0 Å². The van der Waals surface area contributed by atoms with Crippen LogP contribution < -0.4 is 0 Å². The van der Waals surface area contributed by atoms with Gasteiger partial charge in [0.15, 0.2) is 0 Å². The van der Waals surface area contributed by atoms with Crippen molar-refractivity contribution in [2.75, 3.05) is 32.2 Å². The summed E-state index contributed by atoms with van der Waals surface area (Å²) in [5, 5.41) is 9.05. The Balaban J connectivity index is 1.41. The quantitative estimate of drug-likeness (QED) is 0.317. The molecule has 1 aliphatic rings. The molecule has 1 saturated heterocycles. The van der Waals surface area contributed by atoms with Gasteiger partial charge in [0, 0.05) is 45.0 Å². The summed E-state index contributed by atoms with van der Waals surface area (Å²) in [6, 6.07) is 20.4. The molecule has 1 atom stereocenters. The average molecular weight is 532 g/mol. The number of aromatic nitrogens is 2. The Hall–Kier alpha value is -3.12. The molecule has 2 aromatic carbocycles. The molecule has 2 heterocycles. The number of nitrogens with zero attached hydrogens (tertiary/aromatic N) is 5. The van der Waals surface area contributed by atoms with Gasteiger partial charge >= 0.3 is 5.97 Å². The number of nitriles is 1. The summed E-state index contributed by atoms with van der Waals surface area (Å²) in [7, 11) is 1.50. The van der Waals surface area contributed by atoms with E-state index >= 15 is 0 Å². The monoisotopic (exact) mass is 531 g/mol. The van der Waals surface area contributed by atoms with Crippen LogP contribution in [0.15, 0.2) is 67.1 Å². The molecule has 0 spiro atoms. The predicted molar refractivity (Wildman–Crippen MR) is 152 cm³/mol. The van der Waals surface area contributed by atoms with E-state index in [1.54, 1.807) is 11.8 Å². The molecule has 38 heavy (non-hydrogen) atoms. The van der Waals surface area contributed by atoms with Gasteiger partial charge in [-0.15, -0.1) is 0 Å². The Morgan fingerprint density at radius 2 is 1.87 bits per heavy atom. The zero-order chi connectivity index (χ0) is 26.7. The Bertz CT molecular complexity index is 1180. The highest BCUT2D eigenvalue weighted by molar-refractivity contribution is 7.98. The molecule has 0 unspecified atom stereocenters. The van der Waals surface area contributed by atoms with Gasteiger partial charge in [0.1, 0.15) is 6.04 Å². The molecule has 3 aromatic rings. The largest absolute Gasteiger partial charge is 0.468 e. The number of benzene rings is 2. The van der Waals surface area contributed by atoms with Crippen LogP contribution in [0.25, 0.3) is 0 Å². The number of piperidine rings is 1. The first-order valence-electron chi connectivity index (χ1n) is 13.2. The number of likely N-dealkylation sites (tertiary alicyclic amines) is 1. The van der Waals surface area contributed by atoms with Gasteiger partial charge in [0.25, 0.3) is 0 Å². The maximum Gasteiger partial charge on any atom is 0.323 e. The molecule has 1 fully saturated rings. The molecule has 0 amide bonds. The van der Waals surface area contributed by atoms with Gasteiger partial charge < -0.3 is 9.30 Å². The van der Waals surface area contributed by atoms with E-state index in [1.807, 2.05) is 42.9 Å². The Morgan fingerprint density at radius 1 is 1.13 bits per heavy atom. The summed E-state index contributed by atoms with van der Waals surface area (Å²) < 4.78 is 7.44. The van der Waals surface area contributed by atoms with Crippen molar-refractivity contribution < 1.29 is 9.53 Å². The summed E-state index contributed by atoms with van der Waals surface area (Å²) in [5.41, 5.74) is 4.23. The standard InChI is InChI=1S/C30H37N5O2S/c1-37-30(36)29(14-17-38-2)35(21-25-6-4-3-5-7-25)27-12-15-33(16-13-27)22-28-19-32-23-34(28)20-26-10-8-24(18-31)9-11-26/h3-11,19,23,27,29H,12-17,20-22H2,1-2H3/t29-/m0/s1. The van der Waals surface area contributed by atoms with Crippen LogP contribution in [-0.2, 0) is 29.2 Å². The van der Waals surface area contributed by atoms with Gasteiger partial charge in [-0.3, -0.25) is 14.6 Å². The number of hydrogen-bond acceptors (Lipinski definition) is 7. The summed E-state index contributed by atoms with van der Waals surface area (Å²) in [4.78, 5) is 22.2. The number of esters is 1. The van der Waals surface area contributed by atoms with Crippen molar-refractivity contribution in [1.29, 1.82) is 5.26 Å². The average Bonchev–Trinajstić information content (AvgIpc) is 3.39. The van der Waals surface area contributed by atoms with Crippen molar-refractivity contribution in [1.82, 2.24) is 19.4 Å². The Morgan fingerprint density at radius 3 is 2.53 bits per heavy atom. The first-order valence-corrected chi connectivity index (χ1v) is 14.6. The number of thioether (sulfide) groups is 1. The van der Waals surface area contributed by atoms with Crippen LogP contribution in [0, 0.1) is 11.3 Å². The second-order valence-electron chi connectivity index (χ2n) is 9.81. The number of imidazole rings is 1. The summed E-state index contributed by atoms with van der Waals surface area (Å²) in [6.07, 6.45) is 8.71. The van der Waals surface area contributed by atoms with Crippen molar-refractivity contribution in [3.05, 3.63) is 89.5 Å². The van der Waals surface area contributed by atoms with Crippen LogP contribution in [0.3, 0.4) is 0 Å². The molecule has 1 aromatic heterocycles. The summed E-state index contributed by atoms with van der Waals surface area (Å²) >= 11 is 1.77. The molecule has 1 aliphatic heterocycles. The third-order valence-electron chi connectivity index (χ3n) is 7.32. The minimum atomic E-state index is -0.238. The number of rotatable bonds is 12. The van der Waals surface area contributed by atoms with Gasteiger partial charge in [0.2, 0.25) is 0 Å². The second kappa shape index (κ2) is 14.1.